The quantitative estimate of drug-likeness (QED) is 0.248. The molecule has 0 bridgehead atoms. The van der Waals surface area contributed by atoms with Crippen molar-refractivity contribution in [2.75, 3.05) is 6.61 Å². The molecule has 2 rings (SSSR count). The Morgan fingerprint density at radius 1 is 1.13 bits per heavy atom. The molecule has 9 heteroatoms. The monoisotopic (exact) mass is 465 g/mol. The second kappa shape index (κ2) is 12.5. The predicted octanol–water partition coefficient (Wildman–Crippen LogP) is 4.56. The van der Waals surface area contributed by atoms with Crippen LogP contribution in [-0.4, -0.2) is 49.9 Å². The minimum absolute atomic E-state index is 0.0313. The summed E-state index contributed by atoms with van der Waals surface area (Å²) in [5.74, 6) is -2.59. The Morgan fingerprint density at radius 3 is 2.39 bits per heavy atom. The van der Waals surface area contributed by atoms with E-state index in [-0.39, 0.29) is 9.23 Å². The number of hydrogen-bond donors (Lipinski definition) is 2. The fourth-order valence-corrected chi connectivity index (χ4v) is 4.44. The zero-order chi connectivity index (χ0) is 22.8. The molecule has 31 heavy (non-hydrogen) atoms. The summed E-state index contributed by atoms with van der Waals surface area (Å²) in [6.07, 6.45) is 8.04. The van der Waals surface area contributed by atoms with Crippen molar-refractivity contribution >= 4 is 52.2 Å². The average Bonchev–Trinajstić information content (AvgIpc) is 2.99. The van der Waals surface area contributed by atoms with Crippen molar-refractivity contribution in [3.05, 3.63) is 34.7 Å². The van der Waals surface area contributed by atoms with Gasteiger partial charge in [0.2, 0.25) is 0 Å². The highest BCUT2D eigenvalue weighted by molar-refractivity contribution is 8.26. The van der Waals surface area contributed by atoms with E-state index < -0.39 is 30.3 Å². The van der Waals surface area contributed by atoms with E-state index in [1.54, 1.807) is 18.2 Å². The number of aliphatic carboxylic acids is 2. The van der Waals surface area contributed by atoms with Crippen molar-refractivity contribution in [3.63, 3.8) is 0 Å². The fraction of sp³-hybridized carbons (Fsp3) is 0.455. The first-order valence-corrected chi connectivity index (χ1v) is 11.5. The van der Waals surface area contributed by atoms with Gasteiger partial charge in [-0.1, -0.05) is 75.1 Å². The lowest BCUT2D eigenvalue weighted by Crippen LogP contribution is -2.45. The number of hydrogen-bond acceptors (Lipinski definition) is 6. The van der Waals surface area contributed by atoms with Gasteiger partial charge in [-0.2, -0.15) is 0 Å². The lowest BCUT2D eigenvalue weighted by molar-refractivity contribution is -0.150. The molecule has 1 aliphatic rings. The van der Waals surface area contributed by atoms with E-state index in [1.807, 2.05) is 12.1 Å². The van der Waals surface area contributed by atoms with Gasteiger partial charge in [-0.3, -0.25) is 14.5 Å². The van der Waals surface area contributed by atoms with Crippen LogP contribution in [0.15, 0.2) is 29.2 Å². The summed E-state index contributed by atoms with van der Waals surface area (Å²) in [6, 6.07) is 5.69. The van der Waals surface area contributed by atoms with E-state index in [2.05, 4.69) is 6.92 Å². The highest BCUT2D eigenvalue weighted by atomic mass is 32.2. The molecule has 0 aliphatic carbocycles. The number of benzene rings is 1. The Labute approximate surface area is 191 Å². The molecule has 1 fully saturated rings. The fourth-order valence-electron chi connectivity index (χ4n) is 3.09. The minimum atomic E-state index is -1.53. The second-order valence-electron chi connectivity index (χ2n) is 7.19. The molecule has 7 nitrogen and oxygen atoms in total. The number of amides is 1. The first-order chi connectivity index (χ1) is 14.8. The van der Waals surface area contributed by atoms with Crippen LogP contribution in [0.3, 0.4) is 0 Å². The predicted molar refractivity (Wildman–Crippen MR) is 124 cm³/mol. The maximum atomic E-state index is 12.7. The van der Waals surface area contributed by atoms with Gasteiger partial charge >= 0.3 is 11.9 Å². The number of carbonyl (C=O) groups is 3. The number of nitrogens with zero attached hydrogens (tertiary/aromatic N) is 1. The van der Waals surface area contributed by atoms with Gasteiger partial charge in [0.05, 0.1) is 17.9 Å². The van der Waals surface area contributed by atoms with E-state index in [4.69, 9.17) is 22.1 Å². The molecule has 1 aromatic carbocycles. The summed E-state index contributed by atoms with van der Waals surface area (Å²) in [4.78, 5) is 36.2. The van der Waals surface area contributed by atoms with Crippen LogP contribution < -0.4 is 4.74 Å². The highest BCUT2D eigenvalue weighted by Gasteiger charge is 2.41. The van der Waals surface area contributed by atoms with Crippen LogP contribution in [0.2, 0.25) is 0 Å². The molecule has 2 N–H and O–H groups in total. The van der Waals surface area contributed by atoms with Crippen LogP contribution in [0.25, 0.3) is 6.08 Å². The molecule has 0 spiro atoms. The van der Waals surface area contributed by atoms with E-state index in [1.165, 1.54) is 25.7 Å². The Bertz CT molecular complexity index is 837. The summed E-state index contributed by atoms with van der Waals surface area (Å²) in [5, 5.41) is 18.2. The molecule has 1 aromatic rings. The van der Waals surface area contributed by atoms with Gasteiger partial charge in [0.1, 0.15) is 16.1 Å². The molecule has 1 heterocycles. The summed E-state index contributed by atoms with van der Waals surface area (Å²) in [6.45, 7) is 2.85. The topological polar surface area (TPSA) is 104 Å². The molecular formula is C22H27NO6S2. The summed E-state index contributed by atoms with van der Waals surface area (Å²) in [7, 11) is 0. The number of carboxylic acids is 2. The van der Waals surface area contributed by atoms with Gasteiger partial charge in [-0.05, 0) is 30.2 Å². The van der Waals surface area contributed by atoms with E-state index in [9.17, 15) is 19.5 Å². The molecule has 0 radical (unpaired) electrons. The van der Waals surface area contributed by atoms with Crippen LogP contribution in [0, 0.1) is 0 Å². The Balaban J connectivity index is 1.94. The smallest absolute Gasteiger partial charge is 0.327 e. The van der Waals surface area contributed by atoms with E-state index in [0.29, 0.717) is 6.61 Å². The van der Waals surface area contributed by atoms with Crippen molar-refractivity contribution in [1.29, 1.82) is 0 Å². The highest BCUT2D eigenvalue weighted by Crippen LogP contribution is 2.34. The summed E-state index contributed by atoms with van der Waals surface area (Å²) >= 11 is 6.08. The van der Waals surface area contributed by atoms with Crippen LogP contribution in [-0.2, 0) is 14.4 Å². The largest absolute Gasteiger partial charge is 0.494 e. The average molecular weight is 466 g/mol. The van der Waals surface area contributed by atoms with Gasteiger partial charge in [0, 0.05) is 0 Å². The third kappa shape index (κ3) is 7.66. The molecule has 1 unspecified atom stereocenters. The number of thioether (sulfide) groups is 1. The zero-order valence-electron chi connectivity index (χ0n) is 17.4. The second-order valence-corrected chi connectivity index (χ2v) is 8.86. The molecule has 0 aromatic heterocycles. The third-order valence-electron chi connectivity index (χ3n) is 4.73. The maximum Gasteiger partial charge on any atom is 0.327 e. The maximum absolute atomic E-state index is 12.7. The first-order valence-electron chi connectivity index (χ1n) is 10.3. The number of carbonyl (C=O) groups excluding carboxylic acids is 1. The lowest BCUT2D eigenvalue weighted by Gasteiger charge is -2.21. The summed E-state index contributed by atoms with van der Waals surface area (Å²) in [5.41, 5.74) is 0.734. The minimum Gasteiger partial charge on any atom is -0.494 e. The normalized spacial score (nSPS) is 16.0. The Kier molecular flexibility index (Phi) is 10.00. The SMILES string of the molecule is CCCCCCCCOc1ccc(/C=C2/SC(=S)N(C(CC(=O)O)C(=O)O)C2=O)cc1. The molecular weight excluding hydrogens is 438 g/mol. The van der Waals surface area contributed by atoms with Crippen molar-refractivity contribution < 1.29 is 29.3 Å². The molecule has 1 saturated heterocycles. The first kappa shape index (κ1) is 24.9. The third-order valence-corrected chi connectivity index (χ3v) is 6.06. The van der Waals surface area contributed by atoms with Crippen LogP contribution in [0.1, 0.15) is 57.4 Å². The molecule has 1 amide bonds. The van der Waals surface area contributed by atoms with Crippen LogP contribution in [0.4, 0.5) is 0 Å². The number of thiocarbonyl (C=S) groups is 1. The van der Waals surface area contributed by atoms with Crippen molar-refractivity contribution in [3.8, 4) is 5.75 Å². The Hall–Kier alpha value is -2.39. The summed E-state index contributed by atoms with van der Waals surface area (Å²) < 4.78 is 5.78. The van der Waals surface area contributed by atoms with Crippen molar-refractivity contribution in [2.45, 2.75) is 57.9 Å². The number of ether oxygens (including phenoxy) is 1. The van der Waals surface area contributed by atoms with Gasteiger partial charge in [0.15, 0.2) is 0 Å². The number of unbranched alkanes of at least 4 members (excludes halogenated alkanes) is 5. The Morgan fingerprint density at radius 2 is 1.77 bits per heavy atom. The van der Waals surface area contributed by atoms with E-state index >= 15 is 0 Å². The number of carboxylic acid groups (broad SMARTS) is 2. The van der Waals surface area contributed by atoms with Gasteiger partial charge in [0.25, 0.3) is 5.91 Å². The van der Waals surface area contributed by atoms with Gasteiger partial charge in [-0.25, -0.2) is 4.79 Å². The number of rotatable bonds is 13. The zero-order valence-corrected chi connectivity index (χ0v) is 19.0. The van der Waals surface area contributed by atoms with Crippen LogP contribution in [0.5, 0.6) is 5.75 Å². The van der Waals surface area contributed by atoms with Crippen molar-refractivity contribution in [1.82, 2.24) is 4.90 Å². The molecule has 1 atom stereocenters. The molecule has 0 saturated carbocycles. The molecule has 168 valence electrons. The van der Waals surface area contributed by atoms with E-state index in [0.717, 1.165) is 40.8 Å². The molecule has 1 aliphatic heterocycles. The van der Waals surface area contributed by atoms with Gasteiger partial charge in [-0.15, -0.1) is 0 Å². The van der Waals surface area contributed by atoms with Crippen LogP contribution >= 0.6 is 24.0 Å². The lowest BCUT2D eigenvalue weighted by atomic mass is 10.1. The van der Waals surface area contributed by atoms with Gasteiger partial charge < -0.3 is 14.9 Å². The standard InChI is InChI=1S/C22H27NO6S2/c1-2-3-4-5-6-7-12-29-16-10-8-15(9-11-16)13-18-20(26)23(22(30)31-18)17(21(27)28)14-19(24)25/h8-11,13,17H,2-7,12,14H2,1H3,(H,24,25)(H,27,28)/b18-13+. The van der Waals surface area contributed by atoms with Crippen molar-refractivity contribution in [2.24, 2.45) is 0 Å².